The highest BCUT2D eigenvalue weighted by Gasteiger charge is 2.17. The summed E-state index contributed by atoms with van der Waals surface area (Å²) in [5, 5.41) is 6.27. The van der Waals surface area contributed by atoms with Crippen molar-refractivity contribution in [2.45, 2.75) is 0 Å². The molecule has 9 heteroatoms. The maximum Gasteiger partial charge on any atom is 0.282 e. The average molecular weight is 490 g/mol. The van der Waals surface area contributed by atoms with Crippen LogP contribution in [-0.2, 0) is 0 Å². The molecule has 5 aromatic rings. The summed E-state index contributed by atoms with van der Waals surface area (Å²) >= 11 is 6.13. The standard InChI is InChI=1S/C26H20ClN3O5/c1-32-21-13-23(34-3)22(33-2)12-16(21)14-28-30-25(29-19-7-5-4-6-18(19)26(30)31)24-11-15-10-17(27)8-9-20(15)35-24/h4-14H,1-3H3. The van der Waals surface area contributed by atoms with Crippen LogP contribution >= 0.6 is 11.6 Å². The van der Waals surface area contributed by atoms with Crippen molar-refractivity contribution in [1.82, 2.24) is 9.66 Å². The zero-order chi connectivity index (χ0) is 24.5. The van der Waals surface area contributed by atoms with Crippen LogP contribution in [0.15, 0.2) is 75.0 Å². The average Bonchev–Trinajstić information content (AvgIpc) is 3.30. The van der Waals surface area contributed by atoms with Gasteiger partial charge in [0.1, 0.15) is 11.3 Å². The summed E-state index contributed by atoms with van der Waals surface area (Å²) < 4.78 is 23.4. The summed E-state index contributed by atoms with van der Waals surface area (Å²) in [4.78, 5) is 18.1. The van der Waals surface area contributed by atoms with Crippen LogP contribution in [0.25, 0.3) is 33.5 Å². The third kappa shape index (κ3) is 4.08. The minimum Gasteiger partial charge on any atom is -0.496 e. The molecule has 0 radical (unpaired) electrons. The largest absolute Gasteiger partial charge is 0.496 e. The highest BCUT2D eigenvalue weighted by Crippen LogP contribution is 2.34. The first-order valence-electron chi connectivity index (χ1n) is 10.6. The number of hydrogen-bond donors (Lipinski definition) is 0. The van der Waals surface area contributed by atoms with Gasteiger partial charge in [0.25, 0.3) is 5.56 Å². The molecule has 0 amide bonds. The number of fused-ring (bicyclic) bond motifs is 2. The minimum atomic E-state index is -0.347. The topological polar surface area (TPSA) is 88.1 Å². The van der Waals surface area contributed by atoms with Gasteiger partial charge in [-0.3, -0.25) is 4.79 Å². The maximum atomic E-state index is 13.5. The Morgan fingerprint density at radius 1 is 0.943 bits per heavy atom. The van der Waals surface area contributed by atoms with Gasteiger partial charge < -0.3 is 18.6 Å². The predicted octanol–water partition coefficient (Wildman–Crippen LogP) is 5.37. The molecule has 0 atom stereocenters. The molecule has 0 aliphatic rings. The van der Waals surface area contributed by atoms with Gasteiger partial charge in [0.05, 0.1) is 38.4 Å². The number of rotatable bonds is 6. The molecular weight excluding hydrogens is 470 g/mol. The van der Waals surface area contributed by atoms with Gasteiger partial charge >= 0.3 is 0 Å². The number of hydrogen-bond acceptors (Lipinski definition) is 7. The molecule has 0 saturated carbocycles. The van der Waals surface area contributed by atoms with E-state index in [-0.39, 0.29) is 11.4 Å². The van der Waals surface area contributed by atoms with Crippen molar-refractivity contribution in [3.05, 3.63) is 81.6 Å². The second-order valence-electron chi connectivity index (χ2n) is 7.56. The summed E-state index contributed by atoms with van der Waals surface area (Å²) in [5.74, 6) is 2.12. The van der Waals surface area contributed by atoms with Gasteiger partial charge in [-0.1, -0.05) is 23.7 Å². The zero-order valence-corrected chi connectivity index (χ0v) is 19.9. The van der Waals surface area contributed by atoms with Gasteiger partial charge in [-0.2, -0.15) is 9.78 Å². The molecule has 0 spiro atoms. The fourth-order valence-electron chi connectivity index (χ4n) is 3.79. The second-order valence-corrected chi connectivity index (χ2v) is 7.99. The molecule has 3 aromatic carbocycles. The van der Waals surface area contributed by atoms with E-state index in [1.54, 1.807) is 54.6 Å². The molecule has 176 valence electrons. The lowest BCUT2D eigenvalue weighted by molar-refractivity contribution is 0.349. The van der Waals surface area contributed by atoms with Crippen LogP contribution in [0.2, 0.25) is 5.02 Å². The number of halogens is 1. The van der Waals surface area contributed by atoms with Crippen molar-refractivity contribution in [3.8, 4) is 28.8 Å². The Labute approximate surface area is 204 Å². The summed E-state index contributed by atoms with van der Waals surface area (Å²) in [5.41, 5.74) is 1.37. The molecular formula is C26H20ClN3O5. The van der Waals surface area contributed by atoms with E-state index in [9.17, 15) is 4.79 Å². The molecule has 0 bridgehead atoms. The van der Waals surface area contributed by atoms with Gasteiger partial charge in [-0.05, 0) is 42.5 Å². The van der Waals surface area contributed by atoms with E-state index in [4.69, 9.17) is 30.2 Å². The number of furan rings is 1. The molecule has 0 unspecified atom stereocenters. The van der Waals surface area contributed by atoms with Gasteiger partial charge in [0.2, 0.25) is 5.82 Å². The quantitative estimate of drug-likeness (QED) is 0.298. The Balaban J connectivity index is 1.72. The van der Waals surface area contributed by atoms with Gasteiger partial charge in [0, 0.05) is 22.0 Å². The van der Waals surface area contributed by atoms with Crippen molar-refractivity contribution in [2.75, 3.05) is 21.3 Å². The van der Waals surface area contributed by atoms with Crippen LogP contribution < -0.4 is 19.8 Å². The molecule has 0 N–H and O–H groups in total. The number of benzene rings is 3. The van der Waals surface area contributed by atoms with E-state index in [1.807, 2.05) is 6.07 Å². The van der Waals surface area contributed by atoms with Gasteiger partial charge in [-0.15, -0.1) is 0 Å². The summed E-state index contributed by atoms with van der Waals surface area (Å²) in [7, 11) is 4.61. The van der Waals surface area contributed by atoms with Crippen molar-refractivity contribution >= 4 is 39.7 Å². The fourth-order valence-corrected chi connectivity index (χ4v) is 3.97. The lowest BCUT2D eigenvalue weighted by Crippen LogP contribution is -2.20. The van der Waals surface area contributed by atoms with Crippen molar-refractivity contribution in [1.29, 1.82) is 0 Å². The lowest BCUT2D eigenvalue weighted by Gasteiger charge is -2.12. The molecule has 5 rings (SSSR count). The molecule has 0 saturated heterocycles. The van der Waals surface area contributed by atoms with Crippen LogP contribution in [-0.4, -0.2) is 37.2 Å². The third-order valence-corrected chi connectivity index (χ3v) is 5.74. The van der Waals surface area contributed by atoms with E-state index in [2.05, 4.69) is 10.1 Å². The van der Waals surface area contributed by atoms with Crippen LogP contribution in [0.5, 0.6) is 17.2 Å². The first-order chi connectivity index (χ1) is 17.0. The molecule has 2 aromatic heterocycles. The normalized spacial score (nSPS) is 11.4. The van der Waals surface area contributed by atoms with E-state index in [1.165, 1.54) is 32.2 Å². The maximum absolute atomic E-state index is 13.5. The van der Waals surface area contributed by atoms with Crippen molar-refractivity contribution in [2.24, 2.45) is 5.10 Å². The Morgan fingerprint density at radius 2 is 1.69 bits per heavy atom. The molecule has 0 aliphatic carbocycles. The van der Waals surface area contributed by atoms with E-state index < -0.39 is 0 Å². The number of aromatic nitrogens is 2. The van der Waals surface area contributed by atoms with Crippen molar-refractivity contribution < 1.29 is 18.6 Å². The van der Waals surface area contributed by atoms with Crippen LogP contribution in [0, 0.1) is 0 Å². The van der Waals surface area contributed by atoms with Gasteiger partial charge in [0.15, 0.2) is 17.3 Å². The fraction of sp³-hybridized carbons (Fsp3) is 0.115. The Hall–Kier alpha value is -4.30. The molecule has 0 fully saturated rings. The number of ether oxygens (including phenoxy) is 3. The smallest absolute Gasteiger partial charge is 0.282 e. The first kappa shape index (κ1) is 22.5. The SMILES string of the molecule is COc1cc(OC)c(OC)cc1C=Nn1c(-c2cc3cc(Cl)ccc3o2)nc2ccccc2c1=O. The summed E-state index contributed by atoms with van der Waals surface area (Å²) in [6.45, 7) is 0. The molecule has 8 nitrogen and oxygen atoms in total. The van der Waals surface area contributed by atoms with Gasteiger partial charge in [-0.25, -0.2) is 4.98 Å². The third-order valence-electron chi connectivity index (χ3n) is 5.50. The number of para-hydroxylation sites is 1. The molecule has 0 aliphatic heterocycles. The number of methoxy groups -OCH3 is 3. The predicted molar refractivity (Wildman–Crippen MR) is 135 cm³/mol. The van der Waals surface area contributed by atoms with E-state index in [0.717, 1.165) is 5.39 Å². The van der Waals surface area contributed by atoms with Crippen molar-refractivity contribution in [3.63, 3.8) is 0 Å². The Morgan fingerprint density at radius 3 is 2.46 bits per heavy atom. The first-order valence-corrected chi connectivity index (χ1v) is 11.0. The molecule has 2 heterocycles. The highest BCUT2D eigenvalue weighted by molar-refractivity contribution is 6.31. The Bertz CT molecular complexity index is 1660. The van der Waals surface area contributed by atoms with E-state index >= 15 is 0 Å². The summed E-state index contributed by atoms with van der Waals surface area (Å²) in [6.07, 6.45) is 1.50. The Kier molecular flexibility index (Phi) is 5.88. The van der Waals surface area contributed by atoms with Crippen LogP contribution in [0.1, 0.15) is 5.56 Å². The minimum absolute atomic E-state index is 0.247. The molecule has 35 heavy (non-hydrogen) atoms. The van der Waals surface area contributed by atoms with Crippen LogP contribution in [0.4, 0.5) is 0 Å². The second kappa shape index (κ2) is 9.15. The van der Waals surface area contributed by atoms with Crippen LogP contribution in [0.3, 0.4) is 0 Å². The highest BCUT2D eigenvalue weighted by atomic mass is 35.5. The lowest BCUT2D eigenvalue weighted by atomic mass is 10.2. The monoisotopic (exact) mass is 489 g/mol. The summed E-state index contributed by atoms with van der Waals surface area (Å²) in [6, 6.07) is 17.5. The number of nitrogens with zero attached hydrogens (tertiary/aromatic N) is 3. The zero-order valence-electron chi connectivity index (χ0n) is 19.1. The van der Waals surface area contributed by atoms with E-state index in [0.29, 0.717) is 50.1 Å².